The van der Waals surface area contributed by atoms with Gasteiger partial charge in [-0.05, 0) is 25.2 Å². The van der Waals surface area contributed by atoms with E-state index in [0.717, 1.165) is 13.1 Å². The summed E-state index contributed by atoms with van der Waals surface area (Å²) in [5, 5.41) is 10.4. The fourth-order valence-electron chi connectivity index (χ4n) is 1.54. The van der Waals surface area contributed by atoms with E-state index < -0.39 is 10.9 Å². The molecule has 20 heavy (non-hydrogen) atoms. The number of nitrogens with zero attached hydrogens (tertiary/aromatic N) is 2. The number of ether oxygens (including phenoxy) is 1. The van der Waals surface area contributed by atoms with Gasteiger partial charge in [-0.2, -0.15) is 0 Å². The molecular weight excluding hydrogens is 264 g/mol. The van der Waals surface area contributed by atoms with Gasteiger partial charge in [0.2, 0.25) is 0 Å². The van der Waals surface area contributed by atoms with Crippen molar-refractivity contribution >= 4 is 17.9 Å². The first-order valence-corrected chi connectivity index (χ1v) is 6.38. The van der Waals surface area contributed by atoms with Gasteiger partial charge in [-0.15, -0.1) is 0 Å². The van der Waals surface area contributed by atoms with Gasteiger partial charge in [0.05, 0.1) is 6.07 Å². The van der Waals surface area contributed by atoms with Crippen LogP contribution in [0.15, 0.2) is 22.6 Å². The molecule has 0 aromatic carbocycles. The third-order valence-electron chi connectivity index (χ3n) is 2.72. The zero-order valence-electron chi connectivity index (χ0n) is 11.6. The summed E-state index contributed by atoms with van der Waals surface area (Å²) < 4.78 is 9.88. The summed E-state index contributed by atoms with van der Waals surface area (Å²) in [7, 11) is 0. The molecule has 0 saturated heterocycles. The van der Waals surface area contributed by atoms with E-state index in [4.69, 9.17) is 9.15 Å². The van der Waals surface area contributed by atoms with E-state index in [1.807, 2.05) is 13.8 Å². The Balaban J connectivity index is 2.37. The molecule has 0 atom stereocenters. The predicted octanol–water partition coefficient (Wildman–Crippen LogP) is 2.09. The van der Waals surface area contributed by atoms with Gasteiger partial charge in [0.25, 0.3) is 0 Å². The van der Waals surface area contributed by atoms with Gasteiger partial charge in [-0.3, -0.25) is 10.1 Å². The predicted molar refractivity (Wildman–Crippen MR) is 73.1 cm³/mol. The van der Waals surface area contributed by atoms with Crippen LogP contribution in [0.3, 0.4) is 0 Å². The number of nitro groups is 1. The number of hydrogen-bond donors (Lipinski definition) is 0. The Bertz CT molecular complexity index is 477. The van der Waals surface area contributed by atoms with Crippen LogP contribution in [-0.2, 0) is 9.53 Å². The van der Waals surface area contributed by atoms with E-state index in [1.165, 1.54) is 24.3 Å². The molecule has 0 amide bonds. The molecule has 0 radical (unpaired) electrons. The van der Waals surface area contributed by atoms with Crippen LogP contribution >= 0.6 is 0 Å². The highest BCUT2D eigenvalue weighted by molar-refractivity contribution is 5.86. The summed E-state index contributed by atoms with van der Waals surface area (Å²) in [6.07, 6.45) is 2.53. The second kappa shape index (κ2) is 8.11. The average Bonchev–Trinajstić information content (AvgIpc) is 2.90. The zero-order chi connectivity index (χ0) is 15.0. The van der Waals surface area contributed by atoms with E-state index in [0.29, 0.717) is 13.2 Å². The largest absolute Gasteiger partial charge is 0.461 e. The molecule has 0 N–H and O–H groups in total. The first kappa shape index (κ1) is 15.9. The Kier molecular flexibility index (Phi) is 6.45. The van der Waals surface area contributed by atoms with Gasteiger partial charge in [0.15, 0.2) is 0 Å². The molecule has 110 valence electrons. The Labute approximate surface area is 117 Å². The third kappa shape index (κ3) is 5.23. The molecule has 0 spiro atoms. The minimum Gasteiger partial charge on any atom is -0.461 e. The second-order valence-corrected chi connectivity index (χ2v) is 3.96. The lowest BCUT2D eigenvalue weighted by Gasteiger charge is -2.16. The molecule has 1 heterocycles. The van der Waals surface area contributed by atoms with Crippen LogP contribution in [-0.4, -0.2) is 42.0 Å². The van der Waals surface area contributed by atoms with Crippen molar-refractivity contribution in [3.05, 3.63) is 34.1 Å². The van der Waals surface area contributed by atoms with Gasteiger partial charge in [-0.1, -0.05) is 13.8 Å². The van der Waals surface area contributed by atoms with Crippen molar-refractivity contribution < 1.29 is 18.9 Å². The second-order valence-electron chi connectivity index (χ2n) is 3.96. The topological polar surface area (TPSA) is 85.8 Å². The number of rotatable bonds is 8. The maximum Gasteiger partial charge on any atom is 0.433 e. The van der Waals surface area contributed by atoms with Crippen molar-refractivity contribution in [2.24, 2.45) is 0 Å². The lowest BCUT2D eigenvalue weighted by atomic mass is 10.4. The summed E-state index contributed by atoms with van der Waals surface area (Å²) in [5.74, 6) is -0.631. The van der Waals surface area contributed by atoms with Crippen LogP contribution in [0.25, 0.3) is 6.08 Å². The van der Waals surface area contributed by atoms with Gasteiger partial charge in [0.1, 0.15) is 17.3 Å². The van der Waals surface area contributed by atoms with Crippen molar-refractivity contribution in [2.75, 3.05) is 26.2 Å². The molecule has 0 saturated carbocycles. The Morgan fingerprint density at radius 3 is 2.70 bits per heavy atom. The number of likely N-dealkylation sites (N-methyl/N-ethyl adjacent to an activating group) is 1. The Morgan fingerprint density at radius 1 is 1.45 bits per heavy atom. The highest BCUT2D eigenvalue weighted by Gasteiger charge is 2.10. The van der Waals surface area contributed by atoms with Crippen LogP contribution in [0.2, 0.25) is 0 Å². The number of carbonyl (C=O) groups excluding carboxylic acids is 1. The van der Waals surface area contributed by atoms with Crippen LogP contribution < -0.4 is 0 Å². The molecular formula is C13H18N2O5. The van der Waals surface area contributed by atoms with E-state index in [9.17, 15) is 14.9 Å². The molecule has 1 aromatic rings. The number of hydrogen-bond acceptors (Lipinski definition) is 6. The first-order chi connectivity index (χ1) is 9.56. The van der Waals surface area contributed by atoms with E-state index in [1.54, 1.807) is 0 Å². The normalized spacial score (nSPS) is 11.2. The SMILES string of the molecule is CCN(CC)CCOC(=O)C=Cc1ccc([N+](=O)[O-])o1. The molecule has 7 heteroatoms. The molecule has 7 nitrogen and oxygen atoms in total. The molecule has 0 bridgehead atoms. The van der Waals surface area contributed by atoms with Crippen molar-refractivity contribution in [1.82, 2.24) is 4.90 Å². The van der Waals surface area contributed by atoms with E-state index in [-0.39, 0.29) is 11.6 Å². The highest BCUT2D eigenvalue weighted by Crippen LogP contribution is 2.16. The fourth-order valence-corrected chi connectivity index (χ4v) is 1.54. The summed E-state index contributed by atoms with van der Waals surface area (Å²) in [6.45, 7) is 6.87. The number of esters is 1. The van der Waals surface area contributed by atoms with Crippen LogP contribution in [0.1, 0.15) is 19.6 Å². The Hall–Kier alpha value is -2.15. The highest BCUT2D eigenvalue weighted by atomic mass is 16.6. The number of carbonyl (C=O) groups is 1. The molecule has 0 aliphatic rings. The molecule has 0 fully saturated rings. The van der Waals surface area contributed by atoms with Gasteiger partial charge in [-0.25, -0.2) is 4.79 Å². The summed E-state index contributed by atoms with van der Waals surface area (Å²) in [5.41, 5.74) is 0. The minimum atomic E-state index is -0.639. The van der Waals surface area contributed by atoms with E-state index >= 15 is 0 Å². The summed E-state index contributed by atoms with van der Waals surface area (Å²) in [4.78, 5) is 23.3. The minimum absolute atomic E-state index is 0.234. The molecule has 0 aliphatic heterocycles. The van der Waals surface area contributed by atoms with Crippen LogP contribution in [0.4, 0.5) is 5.88 Å². The van der Waals surface area contributed by atoms with Gasteiger partial charge >= 0.3 is 11.9 Å². The van der Waals surface area contributed by atoms with Crippen molar-refractivity contribution in [2.45, 2.75) is 13.8 Å². The summed E-state index contributed by atoms with van der Waals surface area (Å²) in [6, 6.07) is 2.64. The van der Waals surface area contributed by atoms with Crippen molar-refractivity contribution in [1.29, 1.82) is 0 Å². The van der Waals surface area contributed by atoms with Crippen LogP contribution in [0, 0.1) is 10.1 Å². The third-order valence-corrected chi connectivity index (χ3v) is 2.72. The monoisotopic (exact) mass is 282 g/mol. The van der Waals surface area contributed by atoms with Crippen molar-refractivity contribution in [3.8, 4) is 0 Å². The van der Waals surface area contributed by atoms with E-state index in [2.05, 4.69) is 4.90 Å². The summed E-state index contributed by atoms with van der Waals surface area (Å²) >= 11 is 0. The van der Waals surface area contributed by atoms with Crippen molar-refractivity contribution in [3.63, 3.8) is 0 Å². The molecule has 1 aromatic heterocycles. The van der Waals surface area contributed by atoms with Crippen LogP contribution in [0.5, 0.6) is 0 Å². The lowest BCUT2D eigenvalue weighted by molar-refractivity contribution is -0.402. The quantitative estimate of drug-likeness (QED) is 0.314. The Morgan fingerprint density at radius 2 is 2.15 bits per heavy atom. The molecule has 0 aliphatic carbocycles. The molecule has 1 rings (SSSR count). The first-order valence-electron chi connectivity index (χ1n) is 6.38. The zero-order valence-corrected chi connectivity index (χ0v) is 11.6. The molecule has 0 unspecified atom stereocenters. The fraction of sp³-hybridized carbons (Fsp3) is 0.462. The average molecular weight is 282 g/mol. The lowest BCUT2D eigenvalue weighted by Crippen LogP contribution is -2.27. The van der Waals surface area contributed by atoms with Gasteiger partial charge in [0, 0.05) is 12.6 Å². The number of furan rings is 1. The maximum absolute atomic E-state index is 11.4. The van der Waals surface area contributed by atoms with Gasteiger partial charge < -0.3 is 14.1 Å². The standard InChI is InChI=1S/C13H18N2O5/c1-3-14(4-2)9-10-19-13(16)8-6-11-5-7-12(20-11)15(17)18/h5-8H,3-4,9-10H2,1-2H3. The maximum atomic E-state index is 11.4. The smallest absolute Gasteiger partial charge is 0.433 e.